The Labute approximate surface area is 96.3 Å². The summed E-state index contributed by atoms with van der Waals surface area (Å²) in [6, 6.07) is 5.67. The predicted octanol–water partition coefficient (Wildman–Crippen LogP) is 1.31. The van der Waals surface area contributed by atoms with Gasteiger partial charge in [-0.3, -0.25) is 4.79 Å². The Morgan fingerprint density at radius 3 is 2.29 bits per heavy atom. The second kappa shape index (κ2) is 5.93. The fourth-order valence-electron chi connectivity index (χ4n) is 1.20. The molecule has 1 rings (SSSR count). The highest BCUT2D eigenvalue weighted by Gasteiger charge is 2.08. The summed E-state index contributed by atoms with van der Waals surface area (Å²) in [5, 5.41) is 10.7. The minimum atomic E-state index is -2.58. The maximum atomic E-state index is 11.8. The molecule has 6 heteroatoms. The van der Waals surface area contributed by atoms with Crippen LogP contribution in [0.1, 0.15) is 15.9 Å². The number of carbonyl (C=O) groups excluding carboxylic acids is 1. The Balaban J connectivity index is 2.51. The van der Waals surface area contributed by atoms with Crippen LogP contribution in [-0.2, 0) is 11.2 Å². The van der Waals surface area contributed by atoms with Gasteiger partial charge in [-0.25, -0.2) is 13.6 Å². The molecule has 0 heterocycles. The monoisotopic (exact) mass is 243 g/mol. The normalized spacial score (nSPS) is 10.3. The molecule has 4 nitrogen and oxygen atoms in total. The van der Waals surface area contributed by atoms with Crippen molar-refractivity contribution in [2.75, 3.05) is 6.54 Å². The molecule has 0 spiro atoms. The Bertz CT molecular complexity index is 404. The zero-order chi connectivity index (χ0) is 12.8. The van der Waals surface area contributed by atoms with Crippen molar-refractivity contribution >= 4 is 11.9 Å². The zero-order valence-electron chi connectivity index (χ0n) is 8.82. The minimum Gasteiger partial charge on any atom is -0.478 e. The summed E-state index contributed by atoms with van der Waals surface area (Å²) >= 11 is 0. The van der Waals surface area contributed by atoms with Crippen LogP contribution in [0.4, 0.5) is 8.78 Å². The number of benzene rings is 1. The molecule has 0 radical (unpaired) electrons. The van der Waals surface area contributed by atoms with Crippen LogP contribution in [0.15, 0.2) is 24.3 Å². The van der Waals surface area contributed by atoms with Crippen LogP contribution in [0, 0.1) is 0 Å². The molecule has 1 amide bonds. The lowest BCUT2D eigenvalue weighted by Gasteiger charge is -2.04. The minimum absolute atomic E-state index is 0.0490. The van der Waals surface area contributed by atoms with E-state index in [4.69, 9.17) is 5.11 Å². The Kier molecular flexibility index (Phi) is 4.56. The Morgan fingerprint density at radius 1 is 1.24 bits per heavy atom. The highest BCUT2D eigenvalue weighted by molar-refractivity contribution is 5.87. The Morgan fingerprint density at radius 2 is 1.82 bits per heavy atom. The number of carboxylic acid groups (broad SMARTS) is 1. The number of carbonyl (C=O) groups is 2. The van der Waals surface area contributed by atoms with Gasteiger partial charge in [-0.2, -0.15) is 0 Å². The van der Waals surface area contributed by atoms with Crippen LogP contribution < -0.4 is 5.32 Å². The largest absolute Gasteiger partial charge is 0.478 e. The SMILES string of the molecule is O=C(Cc1ccc(C(=O)O)cc1)NCC(F)F. The second-order valence-electron chi connectivity index (χ2n) is 3.37. The summed E-state index contributed by atoms with van der Waals surface area (Å²) in [5.74, 6) is -1.58. The maximum absolute atomic E-state index is 11.8. The first-order valence-electron chi connectivity index (χ1n) is 4.86. The molecule has 0 aromatic heterocycles. The van der Waals surface area contributed by atoms with Crippen LogP contribution >= 0.6 is 0 Å². The molecule has 0 unspecified atom stereocenters. The van der Waals surface area contributed by atoms with E-state index in [1.807, 2.05) is 0 Å². The standard InChI is InChI=1S/C11H11F2NO3/c12-9(13)6-14-10(15)5-7-1-3-8(4-2-7)11(16)17/h1-4,9H,5-6H2,(H,14,15)(H,16,17). The van der Waals surface area contributed by atoms with E-state index in [0.29, 0.717) is 5.56 Å². The average Bonchev–Trinajstić information content (AvgIpc) is 2.27. The average molecular weight is 243 g/mol. The lowest BCUT2D eigenvalue weighted by molar-refractivity contribution is -0.121. The number of carboxylic acids is 1. The molecule has 0 saturated carbocycles. The van der Waals surface area contributed by atoms with Gasteiger partial charge in [0.2, 0.25) is 5.91 Å². The molecule has 2 N–H and O–H groups in total. The van der Waals surface area contributed by atoms with Gasteiger partial charge in [0.05, 0.1) is 18.5 Å². The smallest absolute Gasteiger partial charge is 0.335 e. The van der Waals surface area contributed by atoms with Crippen LogP contribution in [0.2, 0.25) is 0 Å². The van der Waals surface area contributed by atoms with Gasteiger partial charge in [0.15, 0.2) is 0 Å². The summed E-state index contributed by atoms with van der Waals surface area (Å²) in [7, 11) is 0. The third-order valence-electron chi connectivity index (χ3n) is 2.02. The van der Waals surface area contributed by atoms with Gasteiger partial charge < -0.3 is 10.4 Å². The highest BCUT2D eigenvalue weighted by atomic mass is 19.3. The highest BCUT2D eigenvalue weighted by Crippen LogP contribution is 2.05. The van der Waals surface area contributed by atoms with Crippen LogP contribution in [0.25, 0.3) is 0 Å². The quantitative estimate of drug-likeness (QED) is 0.819. The van der Waals surface area contributed by atoms with E-state index in [9.17, 15) is 18.4 Å². The lowest BCUT2D eigenvalue weighted by Crippen LogP contribution is -2.29. The van der Waals surface area contributed by atoms with Gasteiger partial charge in [-0.05, 0) is 17.7 Å². The number of nitrogens with one attached hydrogen (secondary N) is 1. The van der Waals surface area contributed by atoms with E-state index in [-0.39, 0.29) is 12.0 Å². The van der Waals surface area contributed by atoms with Gasteiger partial charge in [0.25, 0.3) is 6.43 Å². The van der Waals surface area contributed by atoms with Crippen molar-refractivity contribution in [2.45, 2.75) is 12.8 Å². The van der Waals surface area contributed by atoms with Crippen molar-refractivity contribution in [3.63, 3.8) is 0 Å². The lowest BCUT2D eigenvalue weighted by atomic mass is 10.1. The number of hydrogen-bond acceptors (Lipinski definition) is 2. The zero-order valence-corrected chi connectivity index (χ0v) is 8.82. The van der Waals surface area contributed by atoms with Crippen LogP contribution in [-0.4, -0.2) is 30.0 Å². The molecule has 0 bridgehead atoms. The summed E-state index contributed by atoms with van der Waals surface area (Å²) in [4.78, 5) is 21.7. The van der Waals surface area contributed by atoms with Crippen LogP contribution in [0.3, 0.4) is 0 Å². The van der Waals surface area contributed by atoms with E-state index >= 15 is 0 Å². The second-order valence-corrected chi connectivity index (χ2v) is 3.37. The molecule has 0 atom stereocenters. The van der Waals surface area contributed by atoms with Gasteiger partial charge >= 0.3 is 5.97 Å². The molecule has 0 aliphatic carbocycles. The molecular formula is C11H11F2NO3. The first-order chi connectivity index (χ1) is 7.99. The number of hydrogen-bond donors (Lipinski definition) is 2. The van der Waals surface area contributed by atoms with E-state index in [0.717, 1.165) is 0 Å². The molecule has 0 saturated heterocycles. The molecule has 92 valence electrons. The van der Waals surface area contributed by atoms with Gasteiger partial charge in [-0.1, -0.05) is 12.1 Å². The molecule has 1 aromatic rings. The van der Waals surface area contributed by atoms with Crippen molar-refractivity contribution < 1.29 is 23.5 Å². The van der Waals surface area contributed by atoms with Crippen LogP contribution in [0.5, 0.6) is 0 Å². The predicted molar refractivity (Wildman–Crippen MR) is 56.1 cm³/mol. The third-order valence-corrected chi connectivity index (χ3v) is 2.02. The molecular weight excluding hydrogens is 232 g/mol. The fourth-order valence-corrected chi connectivity index (χ4v) is 1.20. The van der Waals surface area contributed by atoms with Gasteiger partial charge in [-0.15, -0.1) is 0 Å². The van der Waals surface area contributed by atoms with E-state index in [2.05, 4.69) is 5.32 Å². The number of rotatable bonds is 5. The Hall–Kier alpha value is -1.98. The summed E-state index contributed by atoms with van der Waals surface area (Å²) < 4.78 is 23.6. The number of alkyl halides is 2. The van der Waals surface area contributed by atoms with Crippen molar-refractivity contribution in [1.82, 2.24) is 5.32 Å². The summed E-state index contributed by atoms with van der Waals surface area (Å²) in [6.45, 7) is -0.675. The molecule has 0 aliphatic heterocycles. The van der Waals surface area contributed by atoms with E-state index in [1.54, 1.807) is 0 Å². The molecule has 0 fully saturated rings. The van der Waals surface area contributed by atoms with Crippen molar-refractivity contribution in [1.29, 1.82) is 0 Å². The van der Waals surface area contributed by atoms with Gasteiger partial charge in [0, 0.05) is 0 Å². The molecule has 17 heavy (non-hydrogen) atoms. The summed E-state index contributed by atoms with van der Waals surface area (Å²) in [6.07, 6.45) is -2.62. The fraction of sp³-hybridized carbons (Fsp3) is 0.273. The number of halogens is 2. The van der Waals surface area contributed by atoms with Crippen molar-refractivity contribution in [3.05, 3.63) is 35.4 Å². The van der Waals surface area contributed by atoms with Crippen molar-refractivity contribution in [2.24, 2.45) is 0 Å². The molecule has 0 aliphatic rings. The number of amides is 1. The third kappa shape index (κ3) is 4.58. The first kappa shape index (κ1) is 13.1. The maximum Gasteiger partial charge on any atom is 0.335 e. The van der Waals surface area contributed by atoms with Gasteiger partial charge in [0.1, 0.15) is 0 Å². The van der Waals surface area contributed by atoms with E-state index in [1.165, 1.54) is 24.3 Å². The van der Waals surface area contributed by atoms with E-state index < -0.39 is 24.8 Å². The first-order valence-corrected chi connectivity index (χ1v) is 4.86. The van der Waals surface area contributed by atoms with Crippen molar-refractivity contribution in [3.8, 4) is 0 Å². The topological polar surface area (TPSA) is 66.4 Å². The summed E-state index contributed by atoms with van der Waals surface area (Å²) in [5.41, 5.74) is 0.684. The number of aromatic carboxylic acids is 1. The molecule has 1 aromatic carbocycles.